The van der Waals surface area contributed by atoms with Gasteiger partial charge in [-0.15, -0.1) is 0 Å². The van der Waals surface area contributed by atoms with Gasteiger partial charge in [-0.25, -0.2) is 4.79 Å². The fraction of sp³-hybridized carbons (Fsp3) is 0.429. The summed E-state index contributed by atoms with van der Waals surface area (Å²) in [6.45, 7) is 4.31. The van der Waals surface area contributed by atoms with Crippen molar-refractivity contribution in [2.45, 2.75) is 12.6 Å². The summed E-state index contributed by atoms with van der Waals surface area (Å²) in [5.41, 5.74) is 2.08. The number of amides is 2. The highest BCUT2D eigenvalue weighted by atomic mass is 16.7. The maximum Gasteiger partial charge on any atom is 0.317 e. The van der Waals surface area contributed by atoms with Crippen LogP contribution in [-0.4, -0.2) is 67.5 Å². The average molecular weight is 398 g/mol. The second-order valence-corrected chi connectivity index (χ2v) is 7.18. The van der Waals surface area contributed by atoms with E-state index >= 15 is 0 Å². The van der Waals surface area contributed by atoms with Gasteiger partial charge < -0.3 is 24.4 Å². The number of nitrogens with zero attached hydrogens (tertiary/aromatic N) is 3. The fourth-order valence-electron chi connectivity index (χ4n) is 3.62. The largest absolute Gasteiger partial charge is 0.454 e. The quantitative estimate of drug-likeness (QED) is 0.802. The number of pyridine rings is 1. The minimum Gasteiger partial charge on any atom is -0.454 e. The summed E-state index contributed by atoms with van der Waals surface area (Å²) in [6.07, 6.45) is 3.63. The van der Waals surface area contributed by atoms with Crippen LogP contribution >= 0.6 is 0 Å². The Kier molecular flexibility index (Phi) is 6.12. The van der Waals surface area contributed by atoms with Crippen LogP contribution in [0.15, 0.2) is 42.7 Å². The molecular formula is C21H26N4O4. The zero-order chi connectivity index (χ0) is 20.1. The third-order valence-corrected chi connectivity index (χ3v) is 5.21. The molecule has 4 rings (SSSR count). The molecule has 1 N–H and O–H groups in total. The van der Waals surface area contributed by atoms with Gasteiger partial charge in [0, 0.05) is 45.6 Å². The van der Waals surface area contributed by atoms with E-state index in [0.29, 0.717) is 26.3 Å². The number of urea groups is 1. The van der Waals surface area contributed by atoms with Gasteiger partial charge >= 0.3 is 6.03 Å². The van der Waals surface area contributed by atoms with Crippen LogP contribution in [0.3, 0.4) is 0 Å². The summed E-state index contributed by atoms with van der Waals surface area (Å²) in [4.78, 5) is 20.9. The van der Waals surface area contributed by atoms with Crippen LogP contribution in [0.2, 0.25) is 0 Å². The van der Waals surface area contributed by atoms with Crippen molar-refractivity contribution in [3.63, 3.8) is 0 Å². The standard InChI is InChI=1S/C21H26N4O4/c1-24(14-16-4-5-19-20(11-16)29-15-28-19)21(26)23-13-18(17-3-2-6-22-12-17)25-7-9-27-10-8-25/h2-6,11-12,18H,7-10,13-15H2,1H3,(H,23,26)/t18-/m0/s1. The van der Waals surface area contributed by atoms with Crippen molar-refractivity contribution in [1.82, 2.24) is 20.1 Å². The van der Waals surface area contributed by atoms with E-state index in [1.54, 1.807) is 18.1 Å². The van der Waals surface area contributed by atoms with Crippen molar-refractivity contribution in [3.05, 3.63) is 53.9 Å². The number of ether oxygens (including phenoxy) is 3. The summed E-state index contributed by atoms with van der Waals surface area (Å²) in [5.74, 6) is 1.46. The molecule has 2 amide bonds. The van der Waals surface area contributed by atoms with Gasteiger partial charge in [0.25, 0.3) is 0 Å². The number of carbonyl (C=O) groups excluding carboxylic acids is 1. The number of hydrogen-bond donors (Lipinski definition) is 1. The Morgan fingerprint density at radius 1 is 1.24 bits per heavy atom. The maximum absolute atomic E-state index is 12.7. The van der Waals surface area contributed by atoms with Crippen molar-refractivity contribution in [1.29, 1.82) is 0 Å². The van der Waals surface area contributed by atoms with E-state index in [9.17, 15) is 4.79 Å². The Hall–Kier alpha value is -2.84. The Bertz CT molecular complexity index is 827. The molecule has 0 aliphatic carbocycles. The molecule has 3 heterocycles. The predicted octanol–water partition coefficient (Wildman–Crippen LogP) is 2.03. The Balaban J connectivity index is 1.36. The van der Waals surface area contributed by atoms with E-state index in [1.165, 1.54) is 0 Å². The normalized spacial score (nSPS) is 17.0. The van der Waals surface area contributed by atoms with Gasteiger partial charge in [-0.3, -0.25) is 9.88 Å². The number of hydrogen-bond acceptors (Lipinski definition) is 6. The van der Waals surface area contributed by atoms with Gasteiger partial charge in [0.05, 0.1) is 19.3 Å². The van der Waals surface area contributed by atoms with Crippen molar-refractivity contribution < 1.29 is 19.0 Å². The molecule has 2 aliphatic rings. The fourth-order valence-corrected chi connectivity index (χ4v) is 3.62. The van der Waals surface area contributed by atoms with Gasteiger partial charge in [-0.2, -0.15) is 0 Å². The van der Waals surface area contributed by atoms with Crippen LogP contribution in [0, 0.1) is 0 Å². The molecule has 1 aromatic heterocycles. The highest BCUT2D eigenvalue weighted by Gasteiger charge is 2.24. The zero-order valence-electron chi connectivity index (χ0n) is 16.5. The van der Waals surface area contributed by atoms with Crippen LogP contribution in [0.1, 0.15) is 17.2 Å². The second-order valence-electron chi connectivity index (χ2n) is 7.18. The lowest BCUT2D eigenvalue weighted by molar-refractivity contribution is 0.0164. The first-order valence-electron chi connectivity index (χ1n) is 9.80. The molecule has 1 atom stereocenters. The summed E-state index contributed by atoms with van der Waals surface area (Å²) < 4.78 is 16.2. The number of benzene rings is 1. The smallest absolute Gasteiger partial charge is 0.317 e. The van der Waals surface area contributed by atoms with Crippen LogP contribution < -0.4 is 14.8 Å². The van der Waals surface area contributed by atoms with E-state index in [2.05, 4.69) is 21.3 Å². The molecule has 8 nitrogen and oxygen atoms in total. The first kappa shape index (κ1) is 19.5. The number of aromatic nitrogens is 1. The minimum absolute atomic E-state index is 0.0653. The molecule has 0 unspecified atom stereocenters. The molecule has 2 aromatic rings. The van der Waals surface area contributed by atoms with Gasteiger partial charge in [-0.1, -0.05) is 12.1 Å². The van der Waals surface area contributed by atoms with Crippen molar-refractivity contribution in [2.24, 2.45) is 0 Å². The number of morpholine rings is 1. The highest BCUT2D eigenvalue weighted by Crippen LogP contribution is 2.32. The Labute approximate surface area is 170 Å². The Morgan fingerprint density at radius 2 is 2.07 bits per heavy atom. The molecule has 0 saturated carbocycles. The zero-order valence-corrected chi connectivity index (χ0v) is 16.5. The summed E-state index contributed by atoms with van der Waals surface area (Å²) in [6, 6.07) is 9.66. The number of nitrogens with one attached hydrogen (secondary N) is 1. The molecule has 0 spiro atoms. The number of carbonyl (C=O) groups is 1. The van der Waals surface area contributed by atoms with Gasteiger partial charge in [0.2, 0.25) is 6.79 Å². The number of rotatable bonds is 6. The molecule has 1 aromatic carbocycles. The Morgan fingerprint density at radius 3 is 2.86 bits per heavy atom. The lowest BCUT2D eigenvalue weighted by Gasteiger charge is -2.35. The molecule has 154 valence electrons. The van der Waals surface area contributed by atoms with Crippen molar-refractivity contribution in [3.8, 4) is 11.5 Å². The van der Waals surface area contributed by atoms with Gasteiger partial charge in [-0.05, 0) is 29.3 Å². The van der Waals surface area contributed by atoms with Crippen LogP contribution in [0.4, 0.5) is 4.79 Å². The molecule has 29 heavy (non-hydrogen) atoms. The van der Waals surface area contributed by atoms with E-state index in [1.807, 2.05) is 30.5 Å². The molecular weight excluding hydrogens is 372 g/mol. The van der Waals surface area contributed by atoms with E-state index in [-0.39, 0.29) is 18.9 Å². The van der Waals surface area contributed by atoms with Crippen LogP contribution in [0.25, 0.3) is 0 Å². The van der Waals surface area contributed by atoms with E-state index < -0.39 is 0 Å². The molecule has 2 aliphatic heterocycles. The first-order chi connectivity index (χ1) is 14.2. The minimum atomic E-state index is -0.121. The maximum atomic E-state index is 12.7. The number of fused-ring (bicyclic) bond motifs is 1. The first-order valence-corrected chi connectivity index (χ1v) is 9.80. The monoisotopic (exact) mass is 398 g/mol. The SMILES string of the molecule is CN(Cc1ccc2c(c1)OCO2)C(=O)NC[C@@H](c1cccnc1)N1CCOCC1. The summed E-state index contributed by atoms with van der Waals surface area (Å²) in [7, 11) is 1.79. The average Bonchev–Trinajstić information content (AvgIpc) is 3.23. The highest BCUT2D eigenvalue weighted by molar-refractivity contribution is 5.74. The van der Waals surface area contributed by atoms with Crippen molar-refractivity contribution >= 4 is 6.03 Å². The lowest BCUT2D eigenvalue weighted by Crippen LogP contribution is -2.46. The summed E-state index contributed by atoms with van der Waals surface area (Å²) >= 11 is 0. The third kappa shape index (κ3) is 4.78. The molecule has 1 fully saturated rings. The van der Waals surface area contributed by atoms with Crippen LogP contribution in [0.5, 0.6) is 11.5 Å². The molecule has 0 bridgehead atoms. The molecule has 1 saturated heterocycles. The second kappa shape index (κ2) is 9.11. The third-order valence-electron chi connectivity index (χ3n) is 5.21. The topological polar surface area (TPSA) is 76.2 Å². The van der Waals surface area contributed by atoms with Gasteiger partial charge in [0.1, 0.15) is 0 Å². The van der Waals surface area contributed by atoms with Gasteiger partial charge in [0.15, 0.2) is 11.5 Å². The van der Waals surface area contributed by atoms with E-state index in [0.717, 1.165) is 35.7 Å². The van der Waals surface area contributed by atoms with E-state index in [4.69, 9.17) is 14.2 Å². The lowest BCUT2D eigenvalue weighted by atomic mass is 10.1. The molecule has 8 heteroatoms. The van der Waals surface area contributed by atoms with Crippen molar-refractivity contribution in [2.75, 3.05) is 46.7 Å². The predicted molar refractivity (Wildman–Crippen MR) is 107 cm³/mol. The summed E-state index contributed by atoms with van der Waals surface area (Å²) in [5, 5.41) is 3.07. The van der Waals surface area contributed by atoms with Crippen LogP contribution in [-0.2, 0) is 11.3 Å². The molecule has 0 radical (unpaired) electrons.